The van der Waals surface area contributed by atoms with Gasteiger partial charge in [-0.1, -0.05) is 0 Å². The Balaban J connectivity index is 2.76. The molecule has 1 aliphatic carbocycles. The van der Waals surface area contributed by atoms with E-state index in [1.807, 2.05) is 5.32 Å². The van der Waals surface area contributed by atoms with Crippen LogP contribution in [0.4, 0.5) is 26.3 Å². The lowest BCUT2D eigenvalue weighted by molar-refractivity contribution is -0.190. The number of hydrogen-bond donors (Lipinski definition) is 1. The fraction of sp³-hybridized carbons (Fsp3) is 0.909. The molecule has 1 fully saturated rings. The third-order valence-electron chi connectivity index (χ3n) is 3.51. The van der Waals surface area contributed by atoms with E-state index in [0.29, 0.717) is 0 Å². The van der Waals surface area contributed by atoms with Crippen molar-refractivity contribution < 1.29 is 35.9 Å². The molecule has 9 heteroatoms. The number of alkyl halides is 6. The van der Waals surface area contributed by atoms with Crippen molar-refractivity contribution in [3.63, 3.8) is 0 Å². The summed E-state index contributed by atoms with van der Waals surface area (Å²) in [5, 5.41) is 2.03. The Kier molecular flexibility index (Phi) is 4.94. The lowest BCUT2D eigenvalue weighted by atomic mass is 9.76. The van der Waals surface area contributed by atoms with Crippen molar-refractivity contribution in [1.82, 2.24) is 5.32 Å². The number of carbonyl (C=O) groups is 1. The van der Waals surface area contributed by atoms with Crippen LogP contribution in [-0.2, 0) is 9.53 Å². The van der Waals surface area contributed by atoms with E-state index in [1.165, 1.54) is 0 Å². The molecule has 0 atom stereocenters. The summed E-state index contributed by atoms with van der Waals surface area (Å²) >= 11 is 0. The molecule has 0 aromatic rings. The van der Waals surface area contributed by atoms with Gasteiger partial charge < -0.3 is 4.74 Å². The fourth-order valence-corrected chi connectivity index (χ4v) is 2.36. The predicted octanol–water partition coefficient (Wildman–Crippen LogP) is 2.80. The van der Waals surface area contributed by atoms with Crippen molar-refractivity contribution >= 4 is 5.97 Å². The zero-order valence-electron chi connectivity index (χ0n) is 10.7. The maximum atomic E-state index is 12.5. The summed E-state index contributed by atoms with van der Waals surface area (Å²) in [6.45, 7) is -1.45. The normalized spacial score (nSPS) is 28.2. The lowest BCUT2D eigenvalue weighted by Crippen LogP contribution is -2.57. The molecule has 1 N–H and O–H groups in total. The second kappa shape index (κ2) is 5.79. The van der Waals surface area contributed by atoms with Crippen molar-refractivity contribution in [2.45, 2.75) is 43.6 Å². The van der Waals surface area contributed by atoms with E-state index < -0.39 is 49.2 Å². The Labute approximate surface area is 111 Å². The SMILES string of the molecule is COC(=O)C1(NCC(F)(F)F)CCC(C(F)(F)F)CC1. The van der Waals surface area contributed by atoms with Gasteiger partial charge in [0, 0.05) is 0 Å². The van der Waals surface area contributed by atoms with Crippen molar-refractivity contribution in [2.75, 3.05) is 13.7 Å². The topological polar surface area (TPSA) is 38.3 Å². The number of nitrogens with one attached hydrogen (secondary N) is 1. The smallest absolute Gasteiger partial charge is 0.401 e. The first-order chi connectivity index (χ1) is 9.00. The highest BCUT2D eigenvalue weighted by atomic mass is 19.4. The summed E-state index contributed by atoms with van der Waals surface area (Å²) in [5.41, 5.74) is -1.69. The van der Waals surface area contributed by atoms with Crippen LogP contribution in [0.3, 0.4) is 0 Å². The quantitative estimate of drug-likeness (QED) is 0.643. The molecule has 118 valence electrons. The van der Waals surface area contributed by atoms with Crippen LogP contribution in [0.1, 0.15) is 25.7 Å². The molecule has 0 amide bonds. The molecule has 0 unspecified atom stereocenters. The Bertz CT molecular complexity index is 344. The van der Waals surface area contributed by atoms with Gasteiger partial charge in [-0.25, -0.2) is 0 Å². The fourth-order valence-electron chi connectivity index (χ4n) is 2.36. The number of methoxy groups -OCH3 is 1. The molecule has 3 nitrogen and oxygen atoms in total. The summed E-state index contributed by atoms with van der Waals surface area (Å²) < 4.78 is 78.7. The van der Waals surface area contributed by atoms with Crippen LogP contribution in [0.15, 0.2) is 0 Å². The summed E-state index contributed by atoms with van der Waals surface area (Å²) in [4.78, 5) is 11.6. The number of carbonyl (C=O) groups excluding carboxylic acids is 1. The minimum absolute atomic E-state index is 0.333. The van der Waals surface area contributed by atoms with Gasteiger partial charge >= 0.3 is 18.3 Å². The molecule has 1 aliphatic rings. The van der Waals surface area contributed by atoms with E-state index in [-0.39, 0.29) is 12.8 Å². The van der Waals surface area contributed by atoms with E-state index in [9.17, 15) is 31.1 Å². The van der Waals surface area contributed by atoms with Gasteiger partial charge in [-0.05, 0) is 25.7 Å². The summed E-state index contributed by atoms with van der Waals surface area (Å²) in [7, 11) is 0.995. The van der Waals surface area contributed by atoms with Crippen LogP contribution in [0, 0.1) is 5.92 Å². The molecule has 0 saturated heterocycles. The highest BCUT2D eigenvalue weighted by molar-refractivity contribution is 5.80. The molecule has 0 radical (unpaired) electrons. The van der Waals surface area contributed by atoms with Gasteiger partial charge in [0.15, 0.2) is 0 Å². The highest BCUT2D eigenvalue weighted by Gasteiger charge is 2.50. The van der Waals surface area contributed by atoms with Crippen LogP contribution in [0.5, 0.6) is 0 Å². The Morgan fingerprint density at radius 1 is 1.20 bits per heavy atom. The first-order valence-electron chi connectivity index (χ1n) is 5.97. The van der Waals surface area contributed by atoms with Crippen LogP contribution in [0.2, 0.25) is 0 Å². The van der Waals surface area contributed by atoms with Gasteiger partial charge in [-0.2, -0.15) is 26.3 Å². The molecule has 0 aromatic carbocycles. The van der Waals surface area contributed by atoms with Gasteiger partial charge in [-0.3, -0.25) is 10.1 Å². The van der Waals surface area contributed by atoms with Crippen LogP contribution in [-0.4, -0.2) is 37.5 Å². The van der Waals surface area contributed by atoms with Crippen molar-refractivity contribution in [2.24, 2.45) is 5.92 Å². The summed E-state index contributed by atoms with van der Waals surface area (Å²) in [6, 6.07) is 0. The van der Waals surface area contributed by atoms with Crippen molar-refractivity contribution in [1.29, 1.82) is 0 Å². The molecule has 0 aliphatic heterocycles. The van der Waals surface area contributed by atoms with Crippen LogP contribution in [0.25, 0.3) is 0 Å². The minimum Gasteiger partial charge on any atom is -0.468 e. The molecule has 0 spiro atoms. The first-order valence-corrected chi connectivity index (χ1v) is 5.97. The first kappa shape index (κ1) is 17.1. The third-order valence-corrected chi connectivity index (χ3v) is 3.51. The van der Waals surface area contributed by atoms with Gasteiger partial charge in [-0.15, -0.1) is 0 Å². The Morgan fingerprint density at radius 2 is 1.70 bits per heavy atom. The number of ether oxygens (including phenoxy) is 1. The van der Waals surface area contributed by atoms with Gasteiger partial charge in [0.25, 0.3) is 0 Å². The highest BCUT2D eigenvalue weighted by Crippen LogP contribution is 2.41. The standard InChI is InChI=1S/C11H15F6NO2/c1-20-8(19)9(18-6-10(12,13)14)4-2-7(3-5-9)11(15,16)17/h7,18H,2-6H2,1H3. The average molecular weight is 307 g/mol. The van der Waals surface area contributed by atoms with E-state index >= 15 is 0 Å². The summed E-state index contributed by atoms with van der Waals surface area (Å²) in [6.07, 6.45) is -10.4. The maximum Gasteiger partial charge on any atom is 0.401 e. The molecule has 0 bridgehead atoms. The largest absolute Gasteiger partial charge is 0.468 e. The van der Waals surface area contributed by atoms with Crippen molar-refractivity contribution in [3.8, 4) is 0 Å². The van der Waals surface area contributed by atoms with E-state index in [2.05, 4.69) is 4.74 Å². The summed E-state index contributed by atoms with van der Waals surface area (Å²) in [5.74, 6) is -2.55. The molecular weight excluding hydrogens is 292 g/mol. The second-order valence-electron chi connectivity index (χ2n) is 4.86. The van der Waals surface area contributed by atoms with Gasteiger partial charge in [0.1, 0.15) is 5.54 Å². The second-order valence-corrected chi connectivity index (χ2v) is 4.86. The van der Waals surface area contributed by atoms with Crippen LogP contribution < -0.4 is 5.32 Å². The zero-order valence-corrected chi connectivity index (χ0v) is 10.7. The Morgan fingerprint density at radius 3 is 2.05 bits per heavy atom. The maximum absolute atomic E-state index is 12.5. The molecule has 0 heterocycles. The molecular formula is C11H15F6NO2. The minimum atomic E-state index is -4.55. The molecule has 20 heavy (non-hydrogen) atoms. The molecule has 1 rings (SSSR count). The van der Waals surface area contributed by atoms with Gasteiger partial charge in [0.2, 0.25) is 0 Å². The van der Waals surface area contributed by atoms with E-state index in [4.69, 9.17) is 0 Å². The number of halogens is 6. The third kappa shape index (κ3) is 4.26. The monoisotopic (exact) mass is 307 g/mol. The predicted molar refractivity (Wildman–Crippen MR) is 56.8 cm³/mol. The number of rotatable bonds is 3. The number of hydrogen-bond acceptors (Lipinski definition) is 3. The lowest BCUT2D eigenvalue weighted by Gasteiger charge is -2.39. The van der Waals surface area contributed by atoms with Crippen LogP contribution >= 0.6 is 0 Å². The van der Waals surface area contributed by atoms with E-state index in [1.54, 1.807) is 0 Å². The molecule has 0 aromatic heterocycles. The number of esters is 1. The van der Waals surface area contributed by atoms with E-state index in [0.717, 1.165) is 7.11 Å². The molecule has 1 saturated carbocycles. The average Bonchev–Trinajstić information content (AvgIpc) is 2.34. The Hall–Kier alpha value is -0.990. The zero-order chi connectivity index (χ0) is 15.6. The van der Waals surface area contributed by atoms with Gasteiger partial charge in [0.05, 0.1) is 19.6 Å². The van der Waals surface area contributed by atoms with Crippen molar-refractivity contribution in [3.05, 3.63) is 0 Å².